The summed E-state index contributed by atoms with van der Waals surface area (Å²) in [6.07, 6.45) is 1.91. The molecule has 1 N–H and O–H groups in total. The molecule has 1 atom stereocenters. The highest BCUT2D eigenvalue weighted by atomic mass is 16.3. The van der Waals surface area contributed by atoms with Crippen molar-refractivity contribution in [1.82, 2.24) is 9.97 Å². The van der Waals surface area contributed by atoms with Crippen molar-refractivity contribution in [2.75, 3.05) is 0 Å². The molecule has 1 heterocycles. The van der Waals surface area contributed by atoms with E-state index >= 15 is 0 Å². The fourth-order valence-corrected chi connectivity index (χ4v) is 1.54. The number of hydrogen-bond acceptors (Lipinski definition) is 3. The molecule has 3 nitrogen and oxygen atoms in total. The standard InChI is InChI=1S/C13H14N2O/c1-10(16)9-12-7-8-14-13(15-12)11-5-3-2-4-6-11/h2-8,10,16H,9H2,1H3. The molecule has 0 bridgehead atoms. The summed E-state index contributed by atoms with van der Waals surface area (Å²) < 4.78 is 0. The predicted octanol–water partition coefficient (Wildman–Crippen LogP) is 2.07. The Kier molecular flexibility index (Phi) is 3.27. The van der Waals surface area contributed by atoms with Crippen LogP contribution in [0.2, 0.25) is 0 Å². The molecule has 0 aliphatic rings. The van der Waals surface area contributed by atoms with Gasteiger partial charge in [0.25, 0.3) is 0 Å². The van der Waals surface area contributed by atoms with Crippen LogP contribution in [0.3, 0.4) is 0 Å². The summed E-state index contributed by atoms with van der Waals surface area (Å²) in [5.41, 5.74) is 1.86. The smallest absolute Gasteiger partial charge is 0.159 e. The molecule has 3 heteroatoms. The van der Waals surface area contributed by atoms with Gasteiger partial charge in [0, 0.05) is 23.9 Å². The number of nitrogens with zero attached hydrogens (tertiary/aromatic N) is 2. The van der Waals surface area contributed by atoms with Gasteiger partial charge in [0.15, 0.2) is 5.82 Å². The molecule has 0 aliphatic carbocycles. The summed E-state index contributed by atoms with van der Waals surface area (Å²) in [6.45, 7) is 1.75. The van der Waals surface area contributed by atoms with E-state index in [1.807, 2.05) is 36.4 Å². The molecular formula is C13H14N2O. The van der Waals surface area contributed by atoms with E-state index in [1.54, 1.807) is 13.1 Å². The van der Waals surface area contributed by atoms with Crippen LogP contribution >= 0.6 is 0 Å². The number of aliphatic hydroxyl groups is 1. The van der Waals surface area contributed by atoms with Crippen molar-refractivity contribution in [3.63, 3.8) is 0 Å². The highest BCUT2D eigenvalue weighted by Gasteiger charge is 2.04. The lowest BCUT2D eigenvalue weighted by Crippen LogP contribution is -2.06. The van der Waals surface area contributed by atoms with E-state index in [1.165, 1.54) is 0 Å². The minimum Gasteiger partial charge on any atom is -0.393 e. The number of hydrogen-bond donors (Lipinski definition) is 1. The van der Waals surface area contributed by atoms with Crippen LogP contribution in [0.5, 0.6) is 0 Å². The molecule has 2 aromatic rings. The minimum absolute atomic E-state index is 0.376. The average molecular weight is 214 g/mol. The molecule has 1 unspecified atom stereocenters. The van der Waals surface area contributed by atoms with Gasteiger partial charge in [-0.25, -0.2) is 9.97 Å². The highest BCUT2D eigenvalue weighted by molar-refractivity contribution is 5.54. The van der Waals surface area contributed by atoms with Crippen molar-refractivity contribution in [3.8, 4) is 11.4 Å². The van der Waals surface area contributed by atoms with Gasteiger partial charge in [0.2, 0.25) is 0 Å². The zero-order chi connectivity index (χ0) is 11.4. The summed E-state index contributed by atoms with van der Waals surface area (Å²) in [6, 6.07) is 11.7. The molecule has 0 saturated carbocycles. The molecule has 0 radical (unpaired) electrons. The first-order chi connectivity index (χ1) is 7.75. The maximum atomic E-state index is 9.31. The summed E-state index contributed by atoms with van der Waals surface area (Å²) in [4.78, 5) is 8.64. The van der Waals surface area contributed by atoms with E-state index in [9.17, 15) is 5.11 Å². The monoisotopic (exact) mass is 214 g/mol. The first-order valence-corrected chi connectivity index (χ1v) is 5.31. The Balaban J connectivity index is 2.29. The summed E-state index contributed by atoms with van der Waals surface area (Å²) in [7, 11) is 0. The molecule has 2 rings (SSSR count). The second kappa shape index (κ2) is 4.86. The molecule has 0 saturated heterocycles. The molecule has 0 spiro atoms. The van der Waals surface area contributed by atoms with E-state index in [4.69, 9.17) is 0 Å². The zero-order valence-electron chi connectivity index (χ0n) is 9.17. The summed E-state index contributed by atoms with van der Waals surface area (Å²) in [5, 5.41) is 9.31. The Morgan fingerprint density at radius 2 is 1.94 bits per heavy atom. The van der Waals surface area contributed by atoms with Gasteiger partial charge in [-0.3, -0.25) is 0 Å². The van der Waals surface area contributed by atoms with Gasteiger partial charge in [-0.05, 0) is 13.0 Å². The van der Waals surface area contributed by atoms with Crippen molar-refractivity contribution in [3.05, 3.63) is 48.3 Å². The second-order valence-electron chi connectivity index (χ2n) is 3.79. The highest BCUT2D eigenvalue weighted by Crippen LogP contribution is 2.14. The molecule has 0 amide bonds. The van der Waals surface area contributed by atoms with E-state index in [0.717, 1.165) is 11.3 Å². The molecule has 0 fully saturated rings. The maximum absolute atomic E-state index is 9.31. The van der Waals surface area contributed by atoms with Gasteiger partial charge < -0.3 is 5.11 Å². The molecule has 1 aromatic carbocycles. The van der Waals surface area contributed by atoms with E-state index < -0.39 is 0 Å². The topological polar surface area (TPSA) is 46.0 Å². The third-order valence-electron chi connectivity index (χ3n) is 2.25. The van der Waals surface area contributed by atoms with Crippen molar-refractivity contribution in [2.45, 2.75) is 19.4 Å². The number of benzene rings is 1. The van der Waals surface area contributed by atoms with Gasteiger partial charge in [-0.2, -0.15) is 0 Å². The number of rotatable bonds is 3. The van der Waals surface area contributed by atoms with Crippen LogP contribution < -0.4 is 0 Å². The van der Waals surface area contributed by atoms with Crippen molar-refractivity contribution in [1.29, 1.82) is 0 Å². The van der Waals surface area contributed by atoms with Crippen molar-refractivity contribution < 1.29 is 5.11 Å². The van der Waals surface area contributed by atoms with E-state index in [-0.39, 0.29) is 6.10 Å². The lowest BCUT2D eigenvalue weighted by Gasteiger charge is -2.05. The maximum Gasteiger partial charge on any atom is 0.159 e. The largest absolute Gasteiger partial charge is 0.393 e. The van der Waals surface area contributed by atoms with Crippen LogP contribution in [-0.4, -0.2) is 21.2 Å². The normalized spacial score (nSPS) is 12.4. The first kappa shape index (κ1) is 10.8. The van der Waals surface area contributed by atoms with Gasteiger partial charge >= 0.3 is 0 Å². The van der Waals surface area contributed by atoms with E-state index in [0.29, 0.717) is 12.2 Å². The van der Waals surface area contributed by atoms with Crippen LogP contribution in [0.4, 0.5) is 0 Å². The fraction of sp³-hybridized carbons (Fsp3) is 0.231. The summed E-state index contributed by atoms with van der Waals surface area (Å²) >= 11 is 0. The Bertz CT molecular complexity index is 454. The predicted molar refractivity (Wildman–Crippen MR) is 62.9 cm³/mol. The Hall–Kier alpha value is -1.74. The Labute approximate surface area is 94.8 Å². The van der Waals surface area contributed by atoms with Gasteiger partial charge in [0.1, 0.15) is 0 Å². The van der Waals surface area contributed by atoms with E-state index in [2.05, 4.69) is 9.97 Å². The van der Waals surface area contributed by atoms with Crippen molar-refractivity contribution in [2.24, 2.45) is 0 Å². The quantitative estimate of drug-likeness (QED) is 0.850. The van der Waals surface area contributed by atoms with Gasteiger partial charge in [-0.15, -0.1) is 0 Å². The Morgan fingerprint density at radius 1 is 1.19 bits per heavy atom. The third kappa shape index (κ3) is 2.64. The number of aliphatic hydroxyl groups excluding tert-OH is 1. The summed E-state index contributed by atoms with van der Waals surface area (Å²) in [5.74, 6) is 0.707. The molecule has 1 aromatic heterocycles. The van der Waals surface area contributed by atoms with Crippen LogP contribution in [0, 0.1) is 0 Å². The van der Waals surface area contributed by atoms with Crippen LogP contribution in [0.15, 0.2) is 42.6 Å². The van der Waals surface area contributed by atoms with Gasteiger partial charge in [0.05, 0.1) is 6.10 Å². The molecule has 16 heavy (non-hydrogen) atoms. The lowest BCUT2D eigenvalue weighted by molar-refractivity contribution is 0.194. The average Bonchev–Trinajstić information content (AvgIpc) is 2.30. The Morgan fingerprint density at radius 3 is 2.62 bits per heavy atom. The zero-order valence-corrected chi connectivity index (χ0v) is 9.17. The lowest BCUT2D eigenvalue weighted by atomic mass is 10.2. The molecular weight excluding hydrogens is 200 g/mol. The van der Waals surface area contributed by atoms with Crippen LogP contribution in [-0.2, 0) is 6.42 Å². The van der Waals surface area contributed by atoms with Crippen LogP contribution in [0.1, 0.15) is 12.6 Å². The van der Waals surface area contributed by atoms with Crippen molar-refractivity contribution >= 4 is 0 Å². The van der Waals surface area contributed by atoms with Gasteiger partial charge in [-0.1, -0.05) is 30.3 Å². The molecule has 82 valence electrons. The fourth-order valence-electron chi connectivity index (χ4n) is 1.54. The SMILES string of the molecule is CC(O)Cc1ccnc(-c2ccccc2)n1. The van der Waals surface area contributed by atoms with Crippen LogP contribution in [0.25, 0.3) is 11.4 Å². The molecule has 0 aliphatic heterocycles. The first-order valence-electron chi connectivity index (χ1n) is 5.31. The third-order valence-corrected chi connectivity index (χ3v) is 2.25. The number of aromatic nitrogens is 2. The minimum atomic E-state index is -0.376. The second-order valence-corrected chi connectivity index (χ2v) is 3.79.